The zero-order chi connectivity index (χ0) is 13.4. The van der Waals surface area contributed by atoms with Gasteiger partial charge >= 0.3 is 0 Å². The summed E-state index contributed by atoms with van der Waals surface area (Å²) in [6.07, 6.45) is 2.14. The number of nitrogens with one attached hydrogen (secondary N) is 1. The van der Waals surface area contributed by atoms with Crippen LogP contribution in [0.1, 0.15) is 24.4 Å². The number of anilines is 1. The molecule has 3 N–H and O–H groups in total. The lowest BCUT2D eigenvalue weighted by molar-refractivity contribution is -0.116. The maximum absolute atomic E-state index is 11.6. The molecule has 0 saturated carbocycles. The van der Waals surface area contributed by atoms with Crippen molar-refractivity contribution in [2.24, 2.45) is 5.73 Å². The van der Waals surface area contributed by atoms with Crippen molar-refractivity contribution in [2.45, 2.75) is 29.0 Å². The Morgan fingerprint density at radius 3 is 2.84 bits per heavy atom. The van der Waals surface area contributed by atoms with Crippen LogP contribution in [0.5, 0.6) is 0 Å². The van der Waals surface area contributed by atoms with E-state index in [0.717, 1.165) is 46.7 Å². The van der Waals surface area contributed by atoms with Crippen molar-refractivity contribution < 1.29 is 9.53 Å². The van der Waals surface area contributed by atoms with Gasteiger partial charge in [-0.1, -0.05) is 0 Å². The van der Waals surface area contributed by atoms with Crippen LogP contribution in [0.4, 0.5) is 5.69 Å². The van der Waals surface area contributed by atoms with Gasteiger partial charge in [-0.3, -0.25) is 4.79 Å². The van der Waals surface area contributed by atoms with Crippen LogP contribution in [0, 0.1) is 0 Å². The highest BCUT2D eigenvalue weighted by atomic mass is 79.9. The number of carbonyl (C=O) groups excluding carboxylic acids is 1. The molecule has 19 heavy (non-hydrogen) atoms. The smallest absolute Gasteiger partial charge is 0.245 e. The summed E-state index contributed by atoms with van der Waals surface area (Å²) < 4.78 is 6.38. The van der Waals surface area contributed by atoms with Crippen molar-refractivity contribution in [1.82, 2.24) is 0 Å². The molecule has 0 aromatic heterocycles. The standard InChI is InChI=1S/C13H15BrN2O2S/c14-9-5-8-10(16-13(17)12(8)15)6-11(9)19-7-1-3-18-4-2-7/h5-7,12H,1-4,15H2,(H,16,17). The largest absolute Gasteiger partial charge is 0.381 e. The first-order valence-corrected chi connectivity index (χ1v) is 7.96. The third kappa shape index (κ3) is 2.67. The molecule has 0 radical (unpaired) electrons. The van der Waals surface area contributed by atoms with E-state index in [4.69, 9.17) is 10.5 Å². The summed E-state index contributed by atoms with van der Waals surface area (Å²) >= 11 is 5.42. The predicted octanol–water partition coefficient (Wildman–Crippen LogP) is 2.67. The minimum Gasteiger partial charge on any atom is -0.381 e. The topological polar surface area (TPSA) is 64.4 Å². The van der Waals surface area contributed by atoms with Crippen molar-refractivity contribution in [3.63, 3.8) is 0 Å². The Balaban J connectivity index is 1.83. The number of fused-ring (bicyclic) bond motifs is 1. The molecular weight excluding hydrogens is 328 g/mol. The minimum absolute atomic E-state index is 0.130. The summed E-state index contributed by atoms with van der Waals surface area (Å²) in [4.78, 5) is 12.7. The molecule has 1 atom stereocenters. The van der Waals surface area contributed by atoms with Crippen molar-refractivity contribution in [2.75, 3.05) is 18.5 Å². The lowest BCUT2D eigenvalue weighted by atomic mass is 10.1. The molecule has 0 bridgehead atoms. The lowest BCUT2D eigenvalue weighted by Crippen LogP contribution is -2.19. The number of ether oxygens (including phenoxy) is 1. The first-order valence-electron chi connectivity index (χ1n) is 6.29. The van der Waals surface area contributed by atoms with Gasteiger partial charge < -0.3 is 15.8 Å². The first-order chi connectivity index (χ1) is 9.15. The van der Waals surface area contributed by atoms with Crippen molar-refractivity contribution in [3.8, 4) is 0 Å². The normalized spacial score (nSPS) is 23.3. The third-order valence-corrected chi connectivity index (χ3v) is 5.76. The van der Waals surface area contributed by atoms with E-state index in [1.807, 2.05) is 23.9 Å². The number of thioether (sulfide) groups is 1. The van der Waals surface area contributed by atoms with E-state index in [-0.39, 0.29) is 5.91 Å². The van der Waals surface area contributed by atoms with Gasteiger partial charge in [0.1, 0.15) is 6.04 Å². The van der Waals surface area contributed by atoms with E-state index in [2.05, 4.69) is 21.2 Å². The Morgan fingerprint density at radius 1 is 1.37 bits per heavy atom. The summed E-state index contributed by atoms with van der Waals surface area (Å²) in [5, 5.41) is 3.41. The van der Waals surface area contributed by atoms with Crippen LogP contribution in [0.2, 0.25) is 0 Å². The molecule has 102 valence electrons. The Hall–Kier alpha value is -0.560. The third-order valence-electron chi connectivity index (χ3n) is 3.44. The van der Waals surface area contributed by atoms with E-state index in [1.54, 1.807) is 0 Å². The summed E-state index contributed by atoms with van der Waals surface area (Å²) in [5.41, 5.74) is 7.55. The number of rotatable bonds is 2. The molecule has 1 amide bonds. The van der Waals surface area contributed by atoms with Gasteiger partial charge in [-0.25, -0.2) is 0 Å². The number of amides is 1. The van der Waals surface area contributed by atoms with Crippen molar-refractivity contribution in [3.05, 3.63) is 22.2 Å². The van der Waals surface area contributed by atoms with Crippen molar-refractivity contribution >= 4 is 39.3 Å². The molecule has 1 aromatic rings. The van der Waals surface area contributed by atoms with Crippen LogP contribution in [0.25, 0.3) is 0 Å². The molecule has 2 heterocycles. The fraction of sp³-hybridized carbons (Fsp3) is 0.462. The average molecular weight is 343 g/mol. The van der Waals surface area contributed by atoms with Crippen LogP contribution >= 0.6 is 27.7 Å². The summed E-state index contributed by atoms with van der Waals surface area (Å²) in [5.74, 6) is -0.130. The maximum atomic E-state index is 11.6. The van der Waals surface area contributed by atoms with Gasteiger partial charge in [-0.15, -0.1) is 11.8 Å². The minimum atomic E-state index is -0.548. The van der Waals surface area contributed by atoms with Gasteiger partial charge in [0.05, 0.1) is 0 Å². The quantitative estimate of drug-likeness (QED) is 0.867. The molecule has 1 unspecified atom stereocenters. The zero-order valence-electron chi connectivity index (χ0n) is 10.3. The molecular formula is C13H15BrN2O2S. The van der Waals surface area contributed by atoms with E-state index < -0.39 is 6.04 Å². The van der Waals surface area contributed by atoms with E-state index in [9.17, 15) is 4.79 Å². The second-order valence-electron chi connectivity index (χ2n) is 4.77. The number of benzene rings is 1. The fourth-order valence-electron chi connectivity index (χ4n) is 2.35. The number of carbonyl (C=O) groups is 1. The molecule has 0 spiro atoms. The number of hydrogen-bond donors (Lipinski definition) is 2. The molecule has 1 aromatic carbocycles. The molecule has 6 heteroatoms. The van der Waals surface area contributed by atoms with E-state index >= 15 is 0 Å². The number of nitrogens with two attached hydrogens (primary N) is 1. The van der Waals surface area contributed by atoms with Crippen LogP contribution in [0.3, 0.4) is 0 Å². The summed E-state index contributed by atoms with van der Waals surface area (Å²) in [6, 6.07) is 3.43. The molecule has 3 rings (SSSR count). The van der Waals surface area contributed by atoms with Crippen molar-refractivity contribution in [1.29, 1.82) is 0 Å². The first kappa shape index (κ1) is 13.4. The summed E-state index contributed by atoms with van der Waals surface area (Å²) in [6.45, 7) is 1.67. The number of halogens is 1. The van der Waals surface area contributed by atoms with Crippen LogP contribution in [-0.4, -0.2) is 24.4 Å². The monoisotopic (exact) mass is 342 g/mol. The van der Waals surface area contributed by atoms with Crippen LogP contribution < -0.4 is 11.1 Å². The Kier molecular flexibility index (Phi) is 3.84. The van der Waals surface area contributed by atoms with Gasteiger partial charge in [-0.2, -0.15) is 0 Å². The Labute approximate surface area is 124 Å². The van der Waals surface area contributed by atoms with Gasteiger partial charge in [0, 0.05) is 39.1 Å². The predicted molar refractivity (Wildman–Crippen MR) is 79.4 cm³/mol. The van der Waals surface area contributed by atoms with Gasteiger partial charge in [0.2, 0.25) is 5.91 Å². The Morgan fingerprint density at radius 2 is 2.11 bits per heavy atom. The van der Waals surface area contributed by atoms with E-state index in [0.29, 0.717) is 5.25 Å². The molecule has 1 fully saturated rings. The second-order valence-corrected chi connectivity index (χ2v) is 6.96. The molecule has 2 aliphatic heterocycles. The highest BCUT2D eigenvalue weighted by Gasteiger charge is 2.28. The van der Waals surface area contributed by atoms with E-state index in [1.165, 1.54) is 0 Å². The summed E-state index contributed by atoms with van der Waals surface area (Å²) in [7, 11) is 0. The maximum Gasteiger partial charge on any atom is 0.245 e. The molecule has 2 aliphatic rings. The molecule has 4 nitrogen and oxygen atoms in total. The number of hydrogen-bond acceptors (Lipinski definition) is 4. The highest BCUT2D eigenvalue weighted by Crippen LogP contribution is 2.41. The SMILES string of the molecule is NC1C(=O)Nc2cc(SC3CCOCC3)c(Br)cc21. The second kappa shape index (κ2) is 5.44. The highest BCUT2D eigenvalue weighted by molar-refractivity contribution is 9.10. The Bertz CT molecular complexity index is 518. The van der Waals surface area contributed by atoms with Crippen LogP contribution in [0.15, 0.2) is 21.5 Å². The van der Waals surface area contributed by atoms with Gasteiger partial charge in [0.15, 0.2) is 0 Å². The van der Waals surface area contributed by atoms with Crippen LogP contribution in [-0.2, 0) is 9.53 Å². The molecule has 1 saturated heterocycles. The van der Waals surface area contributed by atoms with Gasteiger partial charge in [-0.05, 0) is 40.9 Å². The average Bonchev–Trinajstić information content (AvgIpc) is 2.67. The lowest BCUT2D eigenvalue weighted by Gasteiger charge is -2.22. The fourth-order valence-corrected chi connectivity index (χ4v) is 4.14. The molecule has 0 aliphatic carbocycles. The van der Waals surface area contributed by atoms with Gasteiger partial charge in [0.25, 0.3) is 0 Å². The zero-order valence-corrected chi connectivity index (χ0v) is 12.7.